The molecule has 2 N–H and O–H groups in total. The molecule has 234 valence electrons. The standard InChI is InChI=1S/C34H41NO8Si/c1-24(42-33(40)26-15-9-6-10-16-26)32(43-31(39)22-21-30(37)38)29(35-25(2)36)23-41-44(34(3,4)5,27-17-11-7-12-18-27)28-19-13-8-14-20-28/h6-20,24,29,32H,21-23H2,1-5H3,(H,35,36)(H,37,38)/t24-,29+,32-/m1/s1. The summed E-state index contributed by atoms with van der Waals surface area (Å²) in [6.07, 6.45) is -3.05. The van der Waals surface area contributed by atoms with Crippen molar-refractivity contribution in [3.63, 3.8) is 0 Å². The molecule has 0 radical (unpaired) electrons. The molecule has 1 amide bonds. The number of nitrogens with one attached hydrogen (secondary N) is 1. The fourth-order valence-corrected chi connectivity index (χ4v) is 9.84. The fraction of sp³-hybridized carbons (Fsp3) is 0.353. The lowest BCUT2D eigenvalue weighted by Crippen LogP contribution is -2.68. The molecule has 0 fully saturated rings. The minimum atomic E-state index is -3.08. The van der Waals surface area contributed by atoms with E-state index in [2.05, 4.69) is 26.1 Å². The van der Waals surface area contributed by atoms with Gasteiger partial charge < -0.3 is 24.3 Å². The third-order valence-electron chi connectivity index (χ3n) is 7.26. The minimum Gasteiger partial charge on any atom is -0.481 e. The molecule has 0 heterocycles. The van der Waals surface area contributed by atoms with Gasteiger partial charge in [0.15, 0.2) is 6.10 Å². The summed E-state index contributed by atoms with van der Waals surface area (Å²) in [5.41, 5.74) is 0.301. The van der Waals surface area contributed by atoms with Crippen LogP contribution in [0.1, 0.15) is 57.8 Å². The molecule has 3 aromatic rings. The van der Waals surface area contributed by atoms with E-state index < -0.39 is 63.2 Å². The molecule has 0 saturated heterocycles. The van der Waals surface area contributed by atoms with E-state index in [1.165, 1.54) is 6.92 Å². The van der Waals surface area contributed by atoms with Crippen molar-refractivity contribution in [3.8, 4) is 0 Å². The number of aliphatic carboxylic acids is 1. The predicted octanol–water partition coefficient (Wildman–Crippen LogP) is 4.09. The SMILES string of the molecule is CC(=O)N[C@@H](CO[Si](c1ccccc1)(c1ccccc1)C(C)(C)C)[C@H](OC(=O)CCC(=O)O)[C@@H](C)OC(=O)c1ccccc1. The summed E-state index contributed by atoms with van der Waals surface area (Å²) in [5.74, 6) is -3.01. The van der Waals surface area contributed by atoms with E-state index in [-0.39, 0.29) is 11.6 Å². The Hall–Kier alpha value is -4.28. The smallest absolute Gasteiger partial charge is 0.338 e. The number of ether oxygens (including phenoxy) is 2. The van der Waals surface area contributed by atoms with E-state index in [1.807, 2.05) is 60.7 Å². The van der Waals surface area contributed by atoms with Crippen molar-refractivity contribution in [1.82, 2.24) is 5.32 Å². The van der Waals surface area contributed by atoms with Gasteiger partial charge in [-0.1, -0.05) is 99.6 Å². The Bertz CT molecular complexity index is 1350. The molecule has 0 saturated carbocycles. The highest BCUT2D eigenvalue weighted by Crippen LogP contribution is 2.37. The van der Waals surface area contributed by atoms with Crippen molar-refractivity contribution >= 4 is 42.5 Å². The van der Waals surface area contributed by atoms with E-state index in [0.29, 0.717) is 5.56 Å². The minimum absolute atomic E-state index is 0.0863. The molecule has 0 aromatic heterocycles. The highest BCUT2D eigenvalue weighted by molar-refractivity contribution is 6.99. The van der Waals surface area contributed by atoms with Crippen LogP contribution in [0, 0.1) is 0 Å². The lowest BCUT2D eigenvalue weighted by atomic mass is 10.1. The molecule has 3 atom stereocenters. The van der Waals surface area contributed by atoms with Gasteiger partial charge in [0.2, 0.25) is 5.91 Å². The van der Waals surface area contributed by atoms with E-state index in [1.54, 1.807) is 37.3 Å². The second-order valence-electron chi connectivity index (χ2n) is 11.6. The molecule has 3 aromatic carbocycles. The number of carboxylic acid groups (broad SMARTS) is 1. The number of esters is 2. The topological polar surface area (TPSA) is 128 Å². The lowest BCUT2D eigenvalue weighted by molar-refractivity contribution is -0.160. The predicted molar refractivity (Wildman–Crippen MR) is 169 cm³/mol. The molecule has 0 aliphatic rings. The van der Waals surface area contributed by atoms with Gasteiger partial charge in [0.1, 0.15) is 6.10 Å². The highest BCUT2D eigenvalue weighted by Gasteiger charge is 2.51. The lowest BCUT2D eigenvalue weighted by Gasteiger charge is -2.44. The Morgan fingerprint density at radius 2 is 1.30 bits per heavy atom. The van der Waals surface area contributed by atoms with Crippen molar-refractivity contribution < 1.29 is 38.2 Å². The molecular weight excluding hydrogens is 578 g/mol. The molecule has 10 heteroatoms. The van der Waals surface area contributed by atoms with E-state index in [4.69, 9.17) is 19.0 Å². The molecule has 3 rings (SSSR count). The average Bonchev–Trinajstić information content (AvgIpc) is 2.99. The third-order valence-corrected chi connectivity index (χ3v) is 12.3. The molecule has 0 aliphatic heterocycles. The van der Waals surface area contributed by atoms with Crippen molar-refractivity contribution in [3.05, 3.63) is 96.6 Å². The number of hydrogen-bond donors (Lipinski definition) is 2. The third kappa shape index (κ3) is 8.87. The van der Waals surface area contributed by atoms with Crippen molar-refractivity contribution in [2.75, 3.05) is 6.61 Å². The van der Waals surface area contributed by atoms with Gasteiger partial charge in [-0.3, -0.25) is 14.4 Å². The second kappa shape index (κ2) is 15.4. The van der Waals surface area contributed by atoms with E-state index >= 15 is 0 Å². The first-order valence-corrected chi connectivity index (χ1v) is 16.5. The molecular formula is C34H41NO8Si. The van der Waals surface area contributed by atoms with Crippen LogP contribution in [-0.4, -0.2) is 62.1 Å². The first-order chi connectivity index (χ1) is 20.8. The van der Waals surface area contributed by atoms with Gasteiger partial charge in [-0.25, -0.2) is 4.79 Å². The zero-order valence-corrected chi connectivity index (χ0v) is 26.8. The maximum atomic E-state index is 13.0. The average molecular weight is 620 g/mol. The van der Waals surface area contributed by atoms with Gasteiger partial charge in [0.25, 0.3) is 8.32 Å². The number of hydrogen-bond acceptors (Lipinski definition) is 7. The van der Waals surface area contributed by atoms with Crippen LogP contribution in [0.15, 0.2) is 91.0 Å². The number of rotatable bonds is 14. The summed E-state index contributed by atoms with van der Waals surface area (Å²) in [4.78, 5) is 49.5. The Morgan fingerprint density at radius 3 is 1.75 bits per heavy atom. The first kappa shape index (κ1) is 34.2. The van der Waals surface area contributed by atoms with Crippen molar-refractivity contribution in [1.29, 1.82) is 0 Å². The molecule has 9 nitrogen and oxygen atoms in total. The Labute approximate surface area is 259 Å². The van der Waals surface area contributed by atoms with Gasteiger partial charge in [-0.05, 0) is 34.5 Å². The van der Waals surface area contributed by atoms with Crippen molar-refractivity contribution in [2.45, 2.75) is 70.7 Å². The Balaban J connectivity index is 2.04. The van der Waals surface area contributed by atoms with Crippen LogP contribution >= 0.6 is 0 Å². The number of carboxylic acids is 1. The van der Waals surface area contributed by atoms with Crippen LogP contribution in [0.25, 0.3) is 0 Å². The summed E-state index contributed by atoms with van der Waals surface area (Å²) < 4.78 is 18.5. The normalized spacial score (nSPS) is 13.7. The summed E-state index contributed by atoms with van der Waals surface area (Å²) in [6, 6.07) is 27.2. The quantitative estimate of drug-likeness (QED) is 0.204. The summed E-state index contributed by atoms with van der Waals surface area (Å²) >= 11 is 0. The molecule has 0 aliphatic carbocycles. The molecule has 0 unspecified atom stereocenters. The number of benzene rings is 3. The zero-order chi connectivity index (χ0) is 32.3. The van der Waals surface area contributed by atoms with E-state index in [0.717, 1.165) is 10.4 Å². The van der Waals surface area contributed by atoms with Gasteiger partial charge in [-0.2, -0.15) is 0 Å². The van der Waals surface area contributed by atoms with Crippen LogP contribution < -0.4 is 15.7 Å². The molecule has 0 spiro atoms. The van der Waals surface area contributed by atoms with Crippen LogP contribution in [0.2, 0.25) is 5.04 Å². The number of carbonyl (C=O) groups excluding carboxylic acids is 3. The summed E-state index contributed by atoms with van der Waals surface area (Å²) in [5, 5.41) is 13.6. The highest BCUT2D eigenvalue weighted by atomic mass is 28.4. The van der Waals surface area contributed by atoms with Gasteiger partial charge in [0, 0.05) is 6.92 Å². The number of carbonyl (C=O) groups is 4. The second-order valence-corrected chi connectivity index (χ2v) is 15.9. The largest absolute Gasteiger partial charge is 0.481 e. The molecule has 0 bridgehead atoms. The summed E-state index contributed by atoms with van der Waals surface area (Å²) in [6.45, 7) is 9.14. The number of amides is 1. The van der Waals surface area contributed by atoms with Gasteiger partial charge in [-0.15, -0.1) is 0 Å². The molecule has 44 heavy (non-hydrogen) atoms. The van der Waals surface area contributed by atoms with Gasteiger partial charge in [0.05, 0.1) is 31.1 Å². The van der Waals surface area contributed by atoms with Crippen LogP contribution in [0.3, 0.4) is 0 Å². The monoisotopic (exact) mass is 619 g/mol. The fourth-order valence-electron chi connectivity index (χ4n) is 5.26. The van der Waals surface area contributed by atoms with Crippen molar-refractivity contribution in [2.24, 2.45) is 0 Å². The summed E-state index contributed by atoms with van der Waals surface area (Å²) in [7, 11) is -3.08. The zero-order valence-electron chi connectivity index (χ0n) is 25.8. The maximum Gasteiger partial charge on any atom is 0.338 e. The van der Waals surface area contributed by atoms with Crippen LogP contribution in [-0.2, 0) is 28.3 Å². The van der Waals surface area contributed by atoms with E-state index in [9.17, 15) is 19.2 Å². The van der Waals surface area contributed by atoms with Crippen LogP contribution in [0.4, 0.5) is 0 Å². The first-order valence-electron chi connectivity index (χ1n) is 14.5. The van der Waals surface area contributed by atoms with Gasteiger partial charge >= 0.3 is 17.9 Å². The Kier molecular flexibility index (Phi) is 12.0. The van der Waals surface area contributed by atoms with Crippen LogP contribution in [0.5, 0.6) is 0 Å². The Morgan fingerprint density at radius 1 is 0.795 bits per heavy atom. The maximum absolute atomic E-state index is 13.0.